The first kappa shape index (κ1) is 21.2. The second kappa shape index (κ2) is 8.48. The maximum atomic E-state index is 13.0. The van der Waals surface area contributed by atoms with E-state index in [2.05, 4.69) is 20.4 Å². The molecule has 0 unspecified atom stereocenters. The molecule has 1 aliphatic rings. The van der Waals surface area contributed by atoms with Crippen LogP contribution in [0.3, 0.4) is 0 Å². The van der Waals surface area contributed by atoms with Gasteiger partial charge in [0.25, 0.3) is 0 Å². The predicted octanol–water partition coefficient (Wildman–Crippen LogP) is 2.91. The van der Waals surface area contributed by atoms with E-state index in [0.29, 0.717) is 30.5 Å². The summed E-state index contributed by atoms with van der Waals surface area (Å²) in [5.41, 5.74) is 2.64. The molecule has 9 heteroatoms. The quantitative estimate of drug-likeness (QED) is 0.696. The van der Waals surface area contributed by atoms with E-state index in [-0.39, 0.29) is 25.2 Å². The summed E-state index contributed by atoms with van der Waals surface area (Å²) in [5.74, 6) is 0.957. The zero-order valence-electron chi connectivity index (χ0n) is 16.5. The normalized spacial score (nSPS) is 15.6. The molecular formula is C21H26FN7O. The number of aromatic nitrogens is 4. The lowest BCUT2D eigenvalue weighted by atomic mass is 10.2. The van der Waals surface area contributed by atoms with Crippen LogP contribution in [0.4, 0.5) is 21.8 Å². The molecule has 4 rings (SSSR count). The number of amides is 1. The first-order valence-electron chi connectivity index (χ1n) is 9.29. The van der Waals surface area contributed by atoms with Gasteiger partial charge in [-0.25, -0.2) is 9.37 Å². The number of anilines is 3. The van der Waals surface area contributed by atoms with Crippen LogP contribution in [-0.2, 0) is 17.9 Å². The summed E-state index contributed by atoms with van der Waals surface area (Å²) in [4.78, 5) is 24.6. The zero-order chi connectivity index (χ0) is 20.5. The molecule has 1 N–H and O–H groups in total. The molecule has 2 aromatic heterocycles. The number of benzene rings is 1. The van der Waals surface area contributed by atoms with E-state index in [9.17, 15) is 9.18 Å². The molecule has 1 aromatic carbocycles. The second-order valence-corrected chi connectivity index (χ2v) is 7.11. The molecule has 0 saturated heterocycles. The van der Waals surface area contributed by atoms with Crippen LogP contribution in [0.1, 0.15) is 25.5 Å². The molecule has 3 aromatic rings. The van der Waals surface area contributed by atoms with Gasteiger partial charge in [-0.05, 0) is 24.6 Å². The molecule has 1 amide bonds. The minimum absolute atomic E-state index is 0. The molecule has 0 fully saturated rings. The van der Waals surface area contributed by atoms with E-state index < -0.39 is 0 Å². The molecule has 0 saturated carbocycles. The third-order valence-corrected chi connectivity index (χ3v) is 5.11. The summed E-state index contributed by atoms with van der Waals surface area (Å²) in [5, 5.41) is 7.55. The van der Waals surface area contributed by atoms with Crippen LogP contribution in [0.15, 0.2) is 42.9 Å². The standard InChI is InChI=1S/C20H22FN7O.CH4/c1-13-19(29)27(3)17-10-23-20(25-18(17)26(13)2)22-8-15-9-24-28(12-15)11-14-4-6-16(21)7-5-14;/h4-7,9-10,12-13H,8,11H2,1-3H3,(H,22,23,25);1H4/t13-;/m1./s1. The van der Waals surface area contributed by atoms with E-state index in [1.807, 2.05) is 25.1 Å². The number of halogens is 1. The van der Waals surface area contributed by atoms with Crippen molar-refractivity contribution in [1.29, 1.82) is 0 Å². The van der Waals surface area contributed by atoms with Crippen LogP contribution in [0, 0.1) is 5.82 Å². The molecular weight excluding hydrogens is 385 g/mol. The number of nitrogens with zero attached hydrogens (tertiary/aromatic N) is 6. The maximum Gasteiger partial charge on any atom is 0.249 e. The first-order valence-corrected chi connectivity index (χ1v) is 9.29. The van der Waals surface area contributed by atoms with Gasteiger partial charge in [-0.15, -0.1) is 0 Å². The van der Waals surface area contributed by atoms with Crippen molar-refractivity contribution in [3.8, 4) is 0 Å². The lowest BCUT2D eigenvalue weighted by Crippen LogP contribution is -2.49. The van der Waals surface area contributed by atoms with Crippen LogP contribution >= 0.6 is 0 Å². The van der Waals surface area contributed by atoms with Gasteiger partial charge in [-0.3, -0.25) is 9.48 Å². The van der Waals surface area contributed by atoms with Crippen LogP contribution in [-0.4, -0.2) is 45.8 Å². The summed E-state index contributed by atoms with van der Waals surface area (Å²) >= 11 is 0. The van der Waals surface area contributed by atoms with E-state index in [1.165, 1.54) is 12.1 Å². The third kappa shape index (κ3) is 4.10. The Morgan fingerprint density at radius 2 is 1.87 bits per heavy atom. The van der Waals surface area contributed by atoms with Gasteiger partial charge in [0.2, 0.25) is 11.9 Å². The molecule has 158 valence electrons. The monoisotopic (exact) mass is 411 g/mol. The van der Waals surface area contributed by atoms with Crippen LogP contribution in [0.5, 0.6) is 0 Å². The largest absolute Gasteiger partial charge is 0.350 e. The number of likely N-dealkylation sites (N-methyl/N-ethyl adjacent to an activating group) is 2. The highest BCUT2D eigenvalue weighted by molar-refractivity contribution is 6.03. The van der Waals surface area contributed by atoms with Crippen LogP contribution in [0.2, 0.25) is 0 Å². The Bertz CT molecular complexity index is 1030. The lowest BCUT2D eigenvalue weighted by molar-refractivity contribution is -0.119. The van der Waals surface area contributed by atoms with Crippen molar-refractivity contribution in [3.05, 3.63) is 59.8 Å². The topological polar surface area (TPSA) is 79.2 Å². The second-order valence-electron chi connectivity index (χ2n) is 7.11. The summed E-state index contributed by atoms with van der Waals surface area (Å²) in [7, 11) is 3.58. The fourth-order valence-corrected chi connectivity index (χ4v) is 3.24. The van der Waals surface area contributed by atoms with Crippen molar-refractivity contribution in [3.63, 3.8) is 0 Å². The minimum atomic E-state index is -0.278. The molecule has 8 nitrogen and oxygen atoms in total. The van der Waals surface area contributed by atoms with Gasteiger partial charge in [-0.2, -0.15) is 10.1 Å². The summed E-state index contributed by atoms with van der Waals surface area (Å²) < 4.78 is 14.8. The maximum absolute atomic E-state index is 13.0. The van der Waals surface area contributed by atoms with Crippen molar-refractivity contribution in [2.45, 2.75) is 33.5 Å². The first-order chi connectivity index (χ1) is 13.9. The van der Waals surface area contributed by atoms with Gasteiger partial charge in [0, 0.05) is 32.4 Å². The van der Waals surface area contributed by atoms with Crippen molar-refractivity contribution in [1.82, 2.24) is 19.7 Å². The number of hydrogen-bond donors (Lipinski definition) is 1. The molecule has 0 bridgehead atoms. The number of carbonyl (C=O) groups is 1. The fourth-order valence-electron chi connectivity index (χ4n) is 3.24. The molecule has 30 heavy (non-hydrogen) atoms. The molecule has 1 atom stereocenters. The highest BCUT2D eigenvalue weighted by Crippen LogP contribution is 2.32. The average molecular weight is 411 g/mol. The SMILES string of the molecule is C.C[C@@H]1C(=O)N(C)c2cnc(NCc3cnn(Cc4ccc(F)cc4)c3)nc2N1C. The van der Waals surface area contributed by atoms with E-state index in [1.54, 1.807) is 41.2 Å². The Morgan fingerprint density at radius 1 is 1.13 bits per heavy atom. The number of rotatable bonds is 5. The average Bonchev–Trinajstić information content (AvgIpc) is 3.18. The van der Waals surface area contributed by atoms with E-state index >= 15 is 0 Å². The van der Waals surface area contributed by atoms with Crippen LogP contribution in [0.25, 0.3) is 0 Å². The molecule has 0 radical (unpaired) electrons. The summed E-state index contributed by atoms with van der Waals surface area (Å²) in [6, 6.07) is 6.10. The number of carbonyl (C=O) groups excluding carboxylic acids is 1. The molecule has 0 spiro atoms. The summed E-state index contributed by atoms with van der Waals surface area (Å²) in [6.45, 7) is 2.93. The van der Waals surface area contributed by atoms with Gasteiger partial charge in [0.05, 0.1) is 18.9 Å². The highest BCUT2D eigenvalue weighted by Gasteiger charge is 2.32. The minimum Gasteiger partial charge on any atom is -0.350 e. The van der Waals surface area contributed by atoms with Crippen LogP contribution < -0.4 is 15.1 Å². The van der Waals surface area contributed by atoms with Gasteiger partial charge in [-0.1, -0.05) is 19.6 Å². The van der Waals surface area contributed by atoms with Gasteiger partial charge in [0.1, 0.15) is 17.5 Å². The van der Waals surface area contributed by atoms with Crippen molar-refractivity contribution in [2.75, 3.05) is 29.2 Å². The summed E-state index contributed by atoms with van der Waals surface area (Å²) in [6.07, 6.45) is 5.36. The Labute approximate surface area is 175 Å². The number of nitrogens with one attached hydrogen (secondary N) is 1. The third-order valence-electron chi connectivity index (χ3n) is 5.11. The van der Waals surface area contributed by atoms with Crippen molar-refractivity contribution >= 4 is 23.4 Å². The Balaban J connectivity index is 0.00000256. The van der Waals surface area contributed by atoms with E-state index in [4.69, 9.17) is 0 Å². The lowest BCUT2D eigenvalue weighted by Gasteiger charge is -2.36. The molecule has 0 aliphatic carbocycles. The van der Waals surface area contributed by atoms with Gasteiger partial charge in [0.15, 0.2) is 5.82 Å². The van der Waals surface area contributed by atoms with Crippen molar-refractivity contribution < 1.29 is 9.18 Å². The number of hydrogen-bond acceptors (Lipinski definition) is 6. The van der Waals surface area contributed by atoms with Crippen molar-refractivity contribution in [2.24, 2.45) is 0 Å². The highest BCUT2D eigenvalue weighted by atomic mass is 19.1. The Kier molecular flexibility index (Phi) is 6.00. The predicted molar refractivity (Wildman–Crippen MR) is 115 cm³/mol. The smallest absolute Gasteiger partial charge is 0.249 e. The fraction of sp³-hybridized carbons (Fsp3) is 0.333. The number of fused-ring (bicyclic) bond motifs is 1. The molecule has 1 aliphatic heterocycles. The molecule has 3 heterocycles. The van der Waals surface area contributed by atoms with Gasteiger partial charge >= 0.3 is 0 Å². The Hall–Kier alpha value is -3.49. The Morgan fingerprint density at radius 3 is 2.60 bits per heavy atom. The van der Waals surface area contributed by atoms with Gasteiger partial charge < -0.3 is 15.1 Å². The van der Waals surface area contributed by atoms with E-state index in [0.717, 1.165) is 11.1 Å². The zero-order valence-corrected chi connectivity index (χ0v) is 16.5.